The summed E-state index contributed by atoms with van der Waals surface area (Å²) in [5, 5.41) is 0. The second-order valence-electron chi connectivity index (χ2n) is 5.22. The molecule has 0 aromatic heterocycles. The number of nitrogens with two attached hydrogens (primary N) is 1. The minimum absolute atomic E-state index is 0.0777. The lowest BCUT2D eigenvalue weighted by Gasteiger charge is -2.35. The van der Waals surface area contributed by atoms with E-state index >= 15 is 0 Å². The van der Waals surface area contributed by atoms with Crippen LogP contribution in [0.4, 0.5) is 4.79 Å². The highest BCUT2D eigenvalue weighted by atomic mass is 16.6. The molecule has 0 unspecified atom stereocenters. The molecule has 108 valence electrons. The topological polar surface area (TPSA) is 72.6 Å². The SMILES string of the molecule is C[C@H]1CC[C@@H](C(N)=O)CN1C(=O)OCc1ccccc1. The summed E-state index contributed by atoms with van der Waals surface area (Å²) in [6.07, 6.45) is 1.12. The van der Waals surface area contributed by atoms with E-state index in [-0.39, 0.29) is 30.6 Å². The maximum atomic E-state index is 12.1. The number of carbonyl (C=O) groups is 2. The molecule has 0 aliphatic carbocycles. The lowest BCUT2D eigenvalue weighted by molar-refractivity contribution is -0.123. The first-order chi connectivity index (χ1) is 9.58. The van der Waals surface area contributed by atoms with Gasteiger partial charge in [-0.15, -0.1) is 0 Å². The Bertz CT molecular complexity index is 475. The Hall–Kier alpha value is -2.04. The van der Waals surface area contributed by atoms with Gasteiger partial charge in [-0.25, -0.2) is 4.79 Å². The van der Waals surface area contributed by atoms with Crippen LogP contribution < -0.4 is 5.73 Å². The summed E-state index contributed by atoms with van der Waals surface area (Å²) >= 11 is 0. The Labute approximate surface area is 118 Å². The zero-order valence-corrected chi connectivity index (χ0v) is 11.6. The fourth-order valence-corrected chi connectivity index (χ4v) is 2.40. The molecule has 0 radical (unpaired) electrons. The molecule has 5 nitrogen and oxygen atoms in total. The maximum Gasteiger partial charge on any atom is 0.410 e. The summed E-state index contributed by atoms with van der Waals surface area (Å²) in [4.78, 5) is 25.0. The molecule has 1 aromatic rings. The van der Waals surface area contributed by atoms with E-state index < -0.39 is 0 Å². The lowest BCUT2D eigenvalue weighted by Crippen LogP contribution is -2.48. The van der Waals surface area contributed by atoms with E-state index in [4.69, 9.17) is 10.5 Å². The maximum absolute atomic E-state index is 12.1. The molecule has 0 saturated carbocycles. The van der Waals surface area contributed by atoms with Crippen LogP contribution in [0.15, 0.2) is 30.3 Å². The number of benzene rings is 1. The number of likely N-dealkylation sites (tertiary alicyclic amines) is 1. The van der Waals surface area contributed by atoms with E-state index in [2.05, 4.69) is 0 Å². The van der Waals surface area contributed by atoms with Crippen LogP contribution >= 0.6 is 0 Å². The molecular formula is C15H20N2O3. The van der Waals surface area contributed by atoms with Crippen LogP contribution in [0.1, 0.15) is 25.3 Å². The summed E-state index contributed by atoms with van der Waals surface area (Å²) in [5.41, 5.74) is 6.26. The molecule has 5 heteroatoms. The van der Waals surface area contributed by atoms with E-state index in [0.29, 0.717) is 6.54 Å². The van der Waals surface area contributed by atoms with E-state index in [0.717, 1.165) is 18.4 Å². The molecule has 1 heterocycles. The quantitative estimate of drug-likeness (QED) is 0.916. The normalized spacial score (nSPS) is 22.4. The van der Waals surface area contributed by atoms with E-state index in [1.807, 2.05) is 37.3 Å². The van der Waals surface area contributed by atoms with Crippen molar-refractivity contribution in [2.45, 2.75) is 32.4 Å². The van der Waals surface area contributed by atoms with Gasteiger partial charge in [-0.3, -0.25) is 4.79 Å². The van der Waals surface area contributed by atoms with Gasteiger partial charge >= 0.3 is 6.09 Å². The number of hydrogen-bond acceptors (Lipinski definition) is 3. The van der Waals surface area contributed by atoms with Gasteiger partial charge in [-0.2, -0.15) is 0 Å². The van der Waals surface area contributed by atoms with E-state index in [1.54, 1.807) is 4.90 Å². The molecule has 1 aliphatic rings. The smallest absolute Gasteiger partial charge is 0.410 e. The highest BCUT2D eigenvalue weighted by molar-refractivity contribution is 5.78. The van der Waals surface area contributed by atoms with Gasteiger partial charge in [0.05, 0.1) is 5.92 Å². The third kappa shape index (κ3) is 3.50. The summed E-state index contributed by atoms with van der Waals surface area (Å²) in [6, 6.07) is 9.59. The third-order valence-corrected chi connectivity index (χ3v) is 3.72. The molecule has 1 aliphatic heterocycles. The Morgan fingerprint density at radius 2 is 2.00 bits per heavy atom. The zero-order chi connectivity index (χ0) is 14.5. The van der Waals surface area contributed by atoms with Crippen LogP contribution in [-0.4, -0.2) is 29.5 Å². The van der Waals surface area contributed by atoms with E-state index in [9.17, 15) is 9.59 Å². The monoisotopic (exact) mass is 276 g/mol. The number of ether oxygens (including phenoxy) is 1. The summed E-state index contributed by atoms with van der Waals surface area (Å²) in [6.45, 7) is 2.55. The number of amides is 2. The highest BCUT2D eigenvalue weighted by Crippen LogP contribution is 2.22. The Balaban J connectivity index is 1.91. The average Bonchev–Trinajstić information content (AvgIpc) is 2.46. The predicted octanol–water partition coefficient (Wildman–Crippen LogP) is 1.91. The number of nitrogens with zero attached hydrogens (tertiary/aromatic N) is 1. The third-order valence-electron chi connectivity index (χ3n) is 3.72. The van der Waals surface area contributed by atoms with Crippen molar-refractivity contribution in [2.24, 2.45) is 11.7 Å². The number of piperidine rings is 1. The minimum Gasteiger partial charge on any atom is -0.445 e. The molecule has 1 fully saturated rings. The lowest BCUT2D eigenvalue weighted by atomic mass is 9.93. The van der Waals surface area contributed by atoms with Crippen LogP contribution in [0.5, 0.6) is 0 Å². The standard InChI is InChI=1S/C15H20N2O3/c1-11-7-8-13(14(16)18)9-17(11)15(19)20-10-12-5-3-2-4-6-12/h2-6,11,13H,7-10H2,1H3,(H2,16,18)/t11-,13+/m0/s1. The molecular weight excluding hydrogens is 256 g/mol. The molecule has 20 heavy (non-hydrogen) atoms. The van der Waals surface area contributed by atoms with Crippen molar-refractivity contribution in [3.63, 3.8) is 0 Å². The summed E-state index contributed by atoms with van der Waals surface area (Å²) in [7, 11) is 0. The fourth-order valence-electron chi connectivity index (χ4n) is 2.40. The molecule has 1 saturated heterocycles. The van der Waals surface area contributed by atoms with Gasteiger partial charge in [0.2, 0.25) is 5.91 Å². The van der Waals surface area contributed by atoms with Crippen LogP contribution in [0.2, 0.25) is 0 Å². The zero-order valence-electron chi connectivity index (χ0n) is 11.6. The highest BCUT2D eigenvalue weighted by Gasteiger charge is 2.32. The molecule has 0 spiro atoms. The number of hydrogen-bond donors (Lipinski definition) is 1. The van der Waals surface area contributed by atoms with Gasteiger partial charge in [-0.1, -0.05) is 30.3 Å². The molecule has 2 atom stereocenters. The first-order valence-electron chi connectivity index (χ1n) is 6.84. The van der Waals surface area contributed by atoms with Gasteiger partial charge in [0.25, 0.3) is 0 Å². The largest absolute Gasteiger partial charge is 0.445 e. The first-order valence-corrected chi connectivity index (χ1v) is 6.84. The van der Waals surface area contributed by atoms with Gasteiger partial charge in [0.1, 0.15) is 6.61 Å². The van der Waals surface area contributed by atoms with Gasteiger partial charge in [0, 0.05) is 12.6 Å². The van der Waals surface area contributed by atoms with Crippen LogP contribution in [0.25, 0.3) is 0 Å². The minimum atomic E-state index is -0.382. The number of primary amides is 1. The van der Waals surface area contributed by atoms with E-state index in [1.165, 1.54) is 0 Å². The second-order valence-corrected chi connectivity index (χ2v) is 5.22. The van der Waals surface area contributed by atoms with Crippen molar-refractivity contribution in [3.05, 3.63) is 35.9 Å². The van der Waals surface area contributed by atoms with Crippen molar-refractivity contribution in [2.75, 3.05) is 6.54 Å². The molecule has 2 N–H and O–H groups in total. The fraction of sp³-hybridized carbons (Fsp3) is 0.467. The number of carbonyl (C=O) groups excluding carboxylic acids is 2. The van der Waals surface area contributed by atoms with Gasteiger partial charge in [0.15, 0.2) is 0 Å². The molecule has 2 amide bonds. The first kappa shape index (κ1) is 14.4. The molecule has 2 rings (SSSR count). The second kappa shape index (κ2) is 6.41. The molecule has 1 aromatic carbocycles. The van der Waals surface area contributed by atoms with Crippen molar-refractivity contribution >= 4 is 12.0 Å². The van der Waals surface area contributed by atoms with Crippen molar-refractivity contribution in [3.8, 4) is 0 Å². The number of rotatable bonds is 3. The van der Waals surface area contributed by atoms with Crippen LogP contribution in [0, 0.1) is 5.92 Å². The predicted molar refractivity (Wildman–Crippen MR) is 74.7 cm³/mol. The summed E-state index contributed by atoms with van der Waals surface area (Å²) in [5.74, 6) is -0.617. The van der Waals surface area contributed by atoms with Crippen LogP contribution in [0.3, 0.4) is 0 Å². The van der Waals surface area contributed by atoms with Crippen molar-refractivity contribution in [1.29, 1.82) is 0 Å². The Morgan fingerprint density at radius 1 is 1.30 bits per heavy atom. The van der Waals surface area contributed by atoms with Crippen molar-refractivity contribution < 1.29 is 14.3 Å². The van der Waals surface area contributed by atoms with Gasteiger partial charge < -0.3 is 15.4 Å². The molecule has 0 bridgehead atoms. The summed E-state index contributed by atoms with van der Waals surface area (Å²) < 4.78 is 5.30. The van der Waals surface area contributed by atoms with Crippen LogP contribution in [-0.2, 0) is 16.1 Å². The Kier molecular flexibility index (Phi) is 4.61. The van der Waals surface area contributed by atoms with Gasteiger partial charge in [-0.05, 0) is 25.3 Å². The van der Waals surface area contributed by atoms with Crippen molar-refractivity contribution in [1.82, 2.24) is 4.90 Å². The average molecular weight is 276 g/mol. The Morgan fingerprint density at radius 3 is 2.65 bits per heavy atom.